The van der Waals surface area contributed by atoms with Crippen LogP contribution in [0.4, 0.5) is 5.69 Å². The van der Waals surface area contributed by atoms with E-state index in [4.69, 9.17) is 0 Å². The van der Waals surface area contributed by atoms with E-state index < -0.39 is 0 Å². The van der Waals surface area contributed by atoms with Gasteiger partial charge in [-0.2, -0.15) is 0 Å². The molecule has 1 aliphatic carbocycles. The topological polar surface area (TPSA) is 32.3 Å². The SMILES string of the molecule is Cc1cccc(NC(=O)CN2CC[C@H]3CCCC[C@@H]3C2)c1. The van der Waals surface area contributed by atoms with Gasteiger partial charge in [0.05, 0.1) is 6.54 Å². The van der Waals surface area contributed by atoms with Gasteiger partial charge in [-0.1, -0.05) is 31.4 Å². The zero-order valence-corrected chi connectivity index (χ0v) is 13.0. The molecule has 3 nitrogen and oxygen atoms in total. The monoisotopic (exact) mass is 286 g/mol. The molecule has 2 fully saturated rings. The van der Waals surface area contributed by atoms with E-state index in [0.29, 0.717) is 6.54 Å². The van der Waals surface area contributed by atoms with Crippen LogP contribution in [0.5, 0.6) is 0 Å². The Hall–Kier alpha value is -1.35. The maximum absolute atomic E-state index is 12.2. The molecule has 0 bridgehead atoms. The van der Waals surface area contributed by atoms with Crippen molar-refractivity contribution in [1.82, 2.24) is 4.90 Å². The van der Waals surface area contributed by atoms with Crippen molar-refractivity contribution in [1.29, 1.82) is 0 Å². The summed E-state index contributed by atoms with van der Waals surface area (Å²) in [5.74, 6) is 1.88. The number of anilines is 1. The molecule has 1 saturated carbocycles. The second kappa shape index (κ2) is 6.61. The molecule has 0 spiro atoms. The van der Waals surface area contributed by atoms with Crippen molar-refractivity contribution in [3.63, 3.8) is 0 Å². The van der Waals surface area contributed by atoms with Crippen molar-refractivity contribution >= 4 is 11.6 Å². The molecule has 2 aliphatic rings. The Morgan fingerprint density at radius 1 is 1.24 bits per heavy atom. The molecule has 1 N–H and O–H groups in total. The Balaban J connectivity index is 1.51. The number of nitrogens with zero attached hydrogens (tertiary/aromatic N) is 1. The van der Waals surface area contributed by atoms with Crippen LogP contribution >= 0.6 is 0 Å². The molecular weight excluding hydrogens is 260 g/mol. The Kier molecular flexibility index (Phi) is 4.59. The largest absolute Gasteiger partial charge is 0.325 e. The molecule has 1 aliphatic heterocycles. The molecular formula is C18H26N2O. The van der Waals surface area contributed by atoms with Crippen LogP contribution in [0.2, 0.25) is 0 Å². The normalized spacial score (nSPS) is 26.1. The number of nitrogens with one attached hydrogen (secondary N) is 1. The Bertz CT molecular complexity index is 500. The van der Waals surface area contributed by atoms with Crippen LogP contribution in [0.25, 0.3) is 0 Å². The van der Waals surface area contributed by atoms with Gasteiger partial charge in [0.1, 0.15) is 0 Å². The van der Waals surface area contributed by atoms with Gasteiger partial charge in [0, 0.05) is 12.2 Å². The minimum Gasteiger partial charge on any atom is -0.325 e. The molecule has 1 aromatic carbocycles. The van der Waals surface area contributed by atoms with Crippen molar-refractivity contribution in [2.45, 2.75) is 39.0 Å². The average molecular weight is 286 g/mol. The molecule has 114 valence electrons. The summed E-state index contributed by atoms with van der Waals surface area (Å²) in [6.07, 6.45) is 6.84. The third-order valence-corrected chi connectivity index (χ3v) is 5.04. The first-order chi connectivity index (χ1) is 10.2. The lowest BCUT2D eigenvalue weighted by atomic mass is 9.75. The van der Waals surface area contributed by atoms with Crippen LogP contribution in [-0.4, -0.2) is 30.4 Å². The highest BCUT2D eigenvalue weighted by Gasteiger charge is 2.31. The van der Waals surface area contributed by atoms with E-state index in [0.717, 1.165) is 30.6 Å². The maximum atomic E-state index is 12.2. The zero-order chi connectivity index (χ0) is 14.7. The van der Waals surface area contributed by atoms with Gasteiger partial charge >= 0.3 is 0 Å². The number of aryl methyl sites for hydroxylation is 1. The van der Waals surface area contributed by atoms with E-state index >= 15 is 0 Å². The van der Waals surface area contributed by atoms with Crippen LogP contribution in [0.15, 0.2) is 24.3 Å². The van der Waals surface area contributed by atoms with E-state index in [1.54, 1.807) is 0 Å². The first-order valence-corrected chi connectivity index (χ1v) is 8.29. The molecule has 3 heteroatoms. The first-order valence-electron chi connectivity index (χ1n) is 8.29. The number of rotatable bonds is 3. The van der Waals surface area contributed by atoms with Gasteiger partial charge in [-0.15, -0.1) is 0 Å². The molecule has 2 atom stereocenters. The number of carbonyl (C=O) groups excluding carboxylic acids is 1. The maximum Gasteiger partial charge on any atom is 0.238 e. The summed E-state index contributed by atoms with van der Waals surface area (Å²) in [5.41, 5.74) is 2.09. The molecule has 3 rings (SSSR count). The number of hydrogen-bond acceptors (Lipinski definition) is 2. The van der Waals surface area contributed by atoms with Crippen LogP contribution < -0.4 is 5.32 Å². The molecule has 1 saturated heterocycles. The third kappa shape index (κ3) is 3.85. The zero-order valence-electron chi connectivity index (χ0n) is 13.0. The Labute approximate surface area is 127 Å². The minimum absolute atomic E-state index is 0.120. The van der Waals surface area contributed by atoms with Crippen LogP contribution in [0, 0.1) is 18.8 Å². The molecule has 0 radical (unpaired) electrons. The third-order valence-electron chi connectivity index (χ3n) is 5.04. The quantitative estimate of drug-likeness (QED) is 0.923. The lowest BCUT2D eigenvalue weighted by Crippen LogP contribution is -2.44. The van der Waals surface area contributed by atoms with Gasteiger partial charge in [-0.05, 0) is 55.8 Å². The van der Waals surface area contributed by atoms with Crippen molar-refractivity contribution in [2.75, 3.05) is 25.0 Å². The summed E-state index contributed by atoms with van der Waals surface area (Å²) in [6, 6.07) is 8.01. The van der Waals surface area contributed by atoms with Crippen molar-refractivity contribution in [2.24, 2.45) is 11.8 Å². The van der Waals surface area contributed by atoms with E-state index in [9.17, 15) is 4.79 Å². The highest BCUT2D eigenvalue weighted by Crippen LogP contribution is 2.35. The summed E-state index contributed by atoms with van der Waals surface area (Å²) in [6.45, 7) is 4.79. The van der Waals surface area contributed by atoms with Gasteiger partial charge < -0.3 is 5.32 Å². The first kappa shape index (κ1) is 14.6. The van der Waals surface area contributed by atoms with Gasteiger partial charge in [0.2, 0.25) is 5.91 Å². The Morgan fingerprint density at radius 2 is 2.05 bits per heavy atom. The fourth-order valence-corrected chi connectivity index (χ4v) is 3.95. The highest BCUT2D eigenvalue weighted by molar-refractivity contribution is 5.92. The second-order valence-corrected chi connectivity index (χ2v) is 6.75. The van der Waals surface area contributed by atoms with E-state index in [2.05, 4.69) is 10.2 Å². The van der Waals surface area contributed by atoms with Crippen LogP contribution in [-0.2, 0) is 4.79 Å². The number of benzene rings is 1. The average Bonchev–Trinajstić information content (AvgIpc) is 2.47. The lowest BCUT2D eigenvalue weighted by molar-refractivity contribution is -0.118. The van der Waals surface area contributed by atoms with Crippen molar-refractivity contribution < 1.29 is 4.79 Å². The molecule has 1 heterocycles. The molecule has 0 aromatic heterocycles. The van der Waals surface area contributed by atoms with E-state index in [1.807, 2.05) is 31.2 Å². The number of amides is 1. The molecule has 21 heavy (non-hydrogen) atoms. The van der Waals surface area contributed by atoms with Gasteiger partial charge in [-0.25, -0.2) is 0 Å². The fraction of sp³-hybridized carbons (Fsp3) is 0.611. The molecule has 1 aromatic rings. The predicted molar refractivity (Wildman–Crippen MR) is 86.3 cm³/mol. The summed E-state index contributed by atoms with van der Waals surface area (Å²) in [7, 11) is 0. The van der Waals surface area contributed by atoms with Crippen LogP contribution in [0.3, 0.4) is 0 Å². The smallest absolute Gasteiger partial charge is 0.238 e. The summed E-state index contributed by atoms with van der Waals surface area (Å²) < 4.78 is 0. The van der Waals surface area contributed by atoms with E-state index in [-0.39, 0.29) is 5.91 Å². The second-order valence-electron chi connectivity index (χ2n) is 6.75. The van der Waals surface area contributed by atoms with Crippen LogP contribution in [0.1, 0.15) is 37.7 Å². The number of carbonyl (C=O) groups is 1. The van der Waals surface area contributed by atoms with Gasteiger partial charge in [0.25, 0.3) is 0 Å². The number of likely N-dealkylation sites (tertiary alicyclic amines) is 1. The van der Waals surface area contributed by atoms with Gasteiger partial charge in [0.15, 0.2) is 0 Å². The number of piperidine rings is 1. The lowest BCUT2D eigenvalue weighted by Gasteiger charge is -2.41. The summed E-state index contributed by atoms with van der Waals surface area (Å²) in [5, 5.41) is 3.02. The van der Waals surface area contributed by atoms with E-state index in [1.165, 1.54) is 37.7 Å². The molecule has 1 amide bonds. The van der Waals surface area contributed by atoms with Crippen molar-refractivity contribution in [3.8, 4) is 0 Å². The predicted octanol–water partition coefficient (Wildman–Crippen LogP) is 3.45. The molecule has 0 unspecified atom stereocenters. The summed E-state index contributed by atoms with van der Waals surface area (Å²) >= 11 is 0. The fourth-order valence-electron chi connectivity index (χ4n) is 3.95. The standard InChI is InChI=1S/C18H26N2O/c1-14-5-4-8-17(11-14)19-18(21)13-20-10-9-15-6-2-3-7-16(15)12-20/h4-5,8,11,15-16H,2-3,6-7,9-10,12-13H2,1H3,(H,19,21)/t15-,16-/m1/s1. The minimum atomic E-state index is 0.120. The highest BCUT2D eigenvalue weighted by atomic mass is 16.2. The van der Waals surface area contributed by atoms with Gasteiger partial charge in [-0.3, -0.25) is 9.69 Å². The number of hydrogen-bond donors (Lipinski definition) is 1. The van der Waals surface area contributed by atoms with Crippen molar-refractivity contribution in [3.05, 3.63) is 29.8 Å². The summed E-state index contributed by atoms with van der Waals surface area (Å²) in [4.78, 5) is 14.5. The number of fused-ring (bicyclic) bond motifs is 1. The Morgan fingerprint density at radius 3 is 2.86 bits per heavy atom.